The Bertz CT molecular complexity index is 464. The molecule has 1 aromatic carbocycles. The Morgan fingerprint density at radius 2 is 2.06 bits per heavy atom. The second-order valence-corrected chi connectivity index (χ2v) is 4.80. The molecule has 0 radical (unpaired) electrons. The third kappa shape index (κ3) is 3.32. The molecule has 2 rings (SSSR count). The number of esters is 1. The van der Waals surface area contributed by atoms with Gasteiger partial charge in [-0.25, -0.2) is 4.79 Å². The van der Waals surface area contributed by atoms with Crippen LogP contribution in [0.4, 0.5) is 5.69 Å². The number of ether oxygens (including phenoxy) is 1. The van der Waals surface area contributed by atoms with E-state index >= 15 is 0 Å². The van der Waals surface area contributed by atoms with E-state index in [2.05, 4.69) is 5.32 Å². The zero-order valence-electron chi connectivity index (χ0n) is 10.6. The highest BCUT2D eigenvalue weighted by molar-refractivity contribution is 5.96. The van der Waals surface area contributed by atoms with Crippen molar-refractivity contribution in [2.24, 2.45) is 5.92 Å². The van der Waals surface area contributed by atoms with Gasteiger partial charge >= 0.3 is 5.97 Å². The predicted molar refractivity (Wildman–Crippen MR) is 68.3 cm³/mol. The fourth-order valence-corrected chi connectivity index (χ4v) is 1.60. The third-order valence-corrected chi connectivity index (χ3v) is 2.66. The highest BCUT2D eigenvalue weighted by atomic mass is 16.5. The van der Waals surface area contributed by atoms with Gasteiger partial charge in [0, 0.05) is 11.6 Å². The Labute approximate surface area is 106 Å². The molecule has 1 aliphatic rings. The number of carbonyl (C=O) groups is 2. The van der Waals surface area contributed by atoms with Crippen molar-refractivity contribution in [3.05, 3.63) is 29.8 Å². The Kier molecular flexibility index (Phi) is 3.65. The molecule has 0 heterocycles. The van der Waals surface area contributed by atoms with E-state index in [1.807, 2.05) is 0 Å². The van der Waals surface area contributed by atoms with Gasteiger partial charge in [0.05, 0.1) is 11.7 Å². The Hall–Kier alpha value is -1.84. The van der Waals surface area contributed by atoms with Crippen molar-refractivity contribution in [3.8, 4) is 0 Å². The van der Waals surface area contributed by atoms with E-state index in [9.17, 15) is 9.59 Å². The summed E-state index contributed by atoms with van der Waals surface area (Å²) in [6, 6.07) is 6.83. The van der Waals surface area contributed by atoms with Crippen molar-refractivity contribution in [1.29, 1.82) is 0 Å². The largest absolute Gasteiger partial charge is 0.459 e. The molecule has 1 aromatic rings. The minimum atomic E-state index is -0.368. The first-order chi connectivity index (χ1) is 8.56. The van der Waals surface area contributed by atoms with Crippen molar-refractivity contribution in [1.82, 2.24) is 0 Å². The number of hydrogen-bond acceptors (Lipinski definition) is 3. The molecule has 1 N–H and O–H groups in total. The van der Waals surface area contributed by atoms with E-state index < -0.39 is 0 Å². The van der Waals surface area contributed by atoms with Gasteiger partial charge in [-0.1, -0.05) is 6.07 Å². The summed E-state index contributed by atoms with van der Waals surface area (Å²) in [6.45, 7) is 3.60. The van der Waals surface area contributed by atoms with Gasteiger partial charge in [0.15, 0.2) is 0 Å². The summed E-state index contributed by atoms with van der Waals surface area (Å²) in [5, 5.41) is 2.81. The maximum absolute atomic E-state index is 11.7. The molecule has 0 bridgehead atoms. The van der Waals surface area contributed by atoms with Crippen molar-refractivity contribution in [2.45, 2.75) is 32.8 Å². The summed E-state index contributed by atoms with van der Waals surface area (Å²) >= 11 is 0. The molecule has 1 aliphatic carbocycles. The second-order valence-electron chi connectivity index (χ2n) is 4.80. The minimum Gasteiger partial charge on any atom is -0.459 e. The van der Waals surface area contributed by atoms with Crippen LogP contribution in [-0.4, -0.2) is 18.0 Å². The molecule has 0 aromatic heterocycles. The number of hydrogen-bond donors (Lipinski definition) is 1. The SMILES string of the molecule is CC(C)OC(=O)c1cccc(NC(=O)C2CC2)c1. The van der Waals surface area contributed by atoms with Gasteiger partial charge in [-0.05, 0) is 44.9 Å². The highest BCUT2D eigenvalue weighted by Crippen LogP contribution is 2.30. The fraction of sp³-hybridized carbons (Fsp3) is 0.429. The molecule has 1 saturated carbocycles. The Morgan fingerprint density at radius 1 is 1.33 bits per heavy atom. The van der Waals surface area contributed by atoms with Crippen LogP contribution in [0.5, 0.6) is 0 Å². The van der Waals surface area contributed by atoms with E-state index in [1.54, 1.807) is 38.1 Å². The van der Waals surface area contributed by atoms with E-state index in [0.29, 0.717) is 11.3 Å². The Morgan fingerprint density at radius 3 is 2.67 bits per heavy atom. The quantitative estimate of drug-likeness (QED) is 0.832. The first-order valence-electron chi connectivity index (χ1n) is 6.18. The topological polar surface area (TPSA) is 55.4 Å². The summed E-state index contributed by atoms with van der Waals surface area (Å²) in [4.78, 5) is 23.3. The second kappa shape index (κ2) is 5.21. The molecule has 0 aliphatic heterocycles. The lowest BCUT2D eigenvalue weighted by molar-refractivity contribution is -0.117. The molecule has 0 spiro atoms. The van der Waals surface area contributed by atoms with Crippen LogP contribution in [0.15, 0.2) is 24.3 Å². The number of nitrogens with one attached hydrogen (secondary N) is 1. The van der Waals surface area contributed by atoms with Crippen LogP contribution in [0.3, 0.4) is 0 Å². The first kappa shape index (κ1) is 12.6. The van der Waals surface area contributed by atoms with E-state index in [1.165, 1.54) is 0 Å². The van der Waals surface area contributed by atoms with Gasteiger partial charge < -0.3 is 10.1 Å². The summed E-state index contributed by atoms with van der Waals surface area (Å²) in [6.07, 6.45) is 1.77. The highest BCUT2D eigenvalue weighted by Gasteiger charge is 2.29. The zero-order valence-corrected chi connectivity index (χ0v) is 10.6. The summed E-state index contributed by atoms with van der Waals surface area (Å²) in [5.74, 6) is -0.187. The van der Waals surface area contributed by atoms with Crippen molar-refractivity contribution >= 4 is 17.6 Å². The normalized spacial score (nSPS) is 14.4. The van der Waals surface area contributed by atoms with Gasteiger partial charge in [-0.3, -0.25) is 4.79 Å². The molecule has 1 fully saturated rings. The molecule has 4 nitrogen and oxygen atoms in total. The summed E-state index contributed by atoms with van der Waals surface area (Å²) < 4.78 is 5.10. The number of rotatable bonds is 4. The van der Waals surface area contributed by atoms with E-state index in [0.717, 1.165) is 12.8 Å². The number of carbonyl (C=O) groups excluding carboxylic acids is 2. The van der Waals surface area contributed by atoms with Gasteiger partial charge in [-0.15, -0.1) is 0 Å². The molecule has 0 unspecified atom stereocenters. The fourth-order valence-electron chi connectivity index (χ4n) is 1.60. The van der Waals surface area contributed by atoms with Crippen molar-refractivity contribution < 1.29 is 14.3 Å². The molecular weight excluding hydrogens is 230 g/mol. The van der Waals surface area contributed by atoms with Crippen LogP contribution in [0.2, 0.25) is 0 Å². The standard InChI is InChI=1S/C14H17NO3/c1-9(2)18-14(17)11-4-3-5-12(8-11)15-13(16)10-6-7-10/h3-5,8-10H,6-7H2,1-2H3,(H,15,16). The molecule has 4 heteroatoms. The monoisotopic (exact) mass is 247 g/mol. The molecule has 0 atom stereocenters. The average molecular weight is 247 g/mol. The van der Waals surface area contributed by atoms with Crippen LogP contribution in [0.25, 0.3) is 0 Å². The maximum atomic E-state index is 11.7. The van der Waals surface area contributed by atoms with Gasteiger partial charge in [0.2, 0.25) is 5.91 Å². The van der Waals surface area contributed by atoms with E-state index in [-0.39, 0.29) is 23.9 Å². The van der Waals surface area contributed by atoms with Gasteiger partial charge in [0.25, 0.3) is 0 Å². The third-order valence-electron chi connectivity index (χ3n) is 2.66. The number of amides is 1. The minimum absolute atomic E-state index is 0.0318. The maximum Gasteiger partial charge on any atom is 0.338 e. The predicted octanol–water partition coefficient (Wildman–Crippen LogP) is 2.60. The smallest absolute Gasteiger partial charge is 0.338 e. The first-order valence-corrected chi connectivity index (χ1v) is 6.18. The number of benzene rings is 1. The number of anilines is 1. The van der Waals surface area contributed by atoms with Crippen LogP contribution < -0.4 is 5.32 Å². The lowest BCUT2D eigenvalue weighted by Crippen LogP contribution is -2.15. The molecule has 1 amide bonds. The van der Waals surface area contributed by atoms with Crippen LogP contribution in [0, 0.1) is 5.92 Å². The Balaban J connectivity index is 2.04. The molecule has 18 heavy (non-hydrogen) atoms. The zero-order chi connectivity index (χ0) is 13.1. The molecule has 0 saturated heterocycles. The van der Waals surface area contributed by atoms with Crippen LogP contribution in [-0.2, 0) is 9.53 Å². The van der Waals surface area contributed by atoms with Crippen molar-refractivity contribution in [2.75, 3.05) is 5.32 Å². The van der Waals surface area contributed by atoms with Crippen LogP contribution >= 0.6 is 0 Å². The summed E-state index contributed by atoms with van der Waals surface area (Å²) in [7, 11) is 0. The lowest BCUT2D eigenvalue weighted by atomic mass is 10.2. The van der Waals surface area contributed by atoms with Gasteiger partial charge in [-0.2, -0.15) is 0 Å². The molecular formula is C14H17NO3. The molecule has 96 valence electrons. The van der Waals surface area contributed by atoms with E-state index in [4.69, 9.17) is 4.74 Å². The average Bonchev–Trinajstić information content (AvgIpc) is 3.12. The van der Waals surface area contributed by atoms with Crippen molar-refractivity contribution in [3.63, 3.8) is 0 Å². The van der Waals surface area contributed by atoms with Gasteiger partial charge in [0.1, 0.15) is 0 Å². The summed E-state index contributed by atoms with van der Waals surface area (Å²) in [5.41, 5.74) is 1.10. The lowest BCUT2D eigenvalue weighted by Gasteiger charge is -2.09. The van der Waals surface area contributed by atoms with Crippen LogP contribution in [0.1, 0.15) is 37.0 Å².